The number of aryl methyl sites for hydroxylation is 1. The maximum absolute atomic E-state index is 5.92. The number of rotatable bonds is 5. The van der Waals surface area contributed by atoms with Crippen molar-refractivity contribution in [2.45, 2.75) is 11.7 Å². The van der Waals surface area contributed by atoms with Crippen LogP contribution in [0.1, 0.15) is 5.69 Å². The van der Waals surface area contributed by atoms with E-state index in [4.69, 9.17) is 16.3 Å². The van der Waals surface area contributed by atoms with E-state index < -0.39 is 0 Å². The van der Waals surface area contributed by atoms with Gasteiger partial charge in [-0.25, -0.2) is 14.6 Å². The van der Waals surface area contributed by atoms with Crippen LogP contribution >= 0.6 is 23.4 Å². The summed E-state index contributed by atoms with van der Waals surface area (Å²) in [6, 6.07) is 3.55. The second-order valence-electron chi connectivity index (χ2n) is 3.72. The quantitative estimate of drug-likeness (QED) is 0.519. The number of halogens is 1. The first-order valence-electron chi connectivity index (χ1n) is 5.51. The summed E-state index contributed by atoms with van der Waals surface area (Å²) in [7, 11) is 3.44. The van der Waals surface area contributed by atoms with Crippen LogP contribution in [0.4, 0.5) is 5.82 Å². The van der Waals surface area contributed by atoms with E-state index in [1.165, 1.54) is 11.8 Å². The van der Waals surface area contributed by atoms with E-state index in [2.05, 4.69) is 20.4 Å². The van der Waals surface area contributed by atoms with Gasteiger partial charge in [-0.3, -0.25) is 0 Å². The molecule has 0 amide bonds. The van der Waals surface area contributed by atoms with Crippen molar-refractivity contribution in [3.05, 3.63) is 23.0 Å². The molecule has 0 saturated heterocycles. The molecule has 0 radical (unpaired) electrons. The number of ether oxygens (including phenoxy) is 1. The fourth-order valence-electron chi connectivity index (χ4n) is 1.54. The number of thioether (sulfide) groups is 1. The summed E-state index contributed by atoms with van der Waals surface area (Å²) >= 11 is 7.36. The van der Waals surface area contributed by atoms with Gasteiger partial charge in [0.25, 0.3) is 0 Å². The number of anilines is 1. The van der Waals surface area contributed by atoms with Crippen molar-refractivity contribution in [2.24, 2.45) is 7.05 Å². The minimum atomic E-state index is 0.417. The molecular weight excluding hydrogens is 286 g/mol. The van der Waals surface area contributed by atoms with Crippen molar-refractivity contribution < 1.29 is 4.74 Å². The first-order chi connectivity index (χ1) is 9.12. The van der Waals surface area contributed by atoms with Crippen molar-refractivity contribution in [1.29, 1.82) is 0 Å². The van der Waals surface area contributed by atoms with Gasteiger partial charge in [-0.15, -0.1) is 0 Å². The standard InChI is InChI=1S/C11H14ClN5OS/c1-17-10(18-2)4-7(16-17)6-13-9-5-8(12)14-11(15-9)19-3/h4-5H,6H2,1-3H3,(H,13,14,15). The van der Waals surface area contributed by atoms with E-state index in [1.807, 2.05) is 19.4 Å². The van der Waals surface area contributed by atoms with Gasteiger partial charge in [0, 0.05) is 19.2 Å². The molecule has 0 aliphatic rings. The van der Waals surface area contributed by atoms with Crippen LogP contribution in [-0.4, -0.2) is 33.1 Å². The van der Waals surface area contributed by atoms with Crippen LogP contribution in [0.15, 0.2) is 17.3 Å². The number of nitrogens with zero attached hydrogens (tertiary/aromatic N) is 4. The summed E-state index contributed by atoms with van der Waals surface area (Å²) in [4.78, 5) is 8.38. The zero-order chi connectivity index (χ0) is 13.8. The van der Waals surface area contributed by atoms with Gasteiger partial charge in [-0.2, -0.15) is 5.10 Å². The molecule has 6 nitrogen and oxygen atoms in total. The highest BCUT2D eigenvalue weighted by molar-refractivity contribution is 7.98. The zero-order valence-electron chi connectivity index (χ0n) is 10.8. The van der Waals surface area contributed by atoms with Gasteiger partial charge in [-0.1, -0.05) is 23.4 Å². The lowest BCUT2D eigenvalue weighted by Gasteiger charge is -2.05. The number of hydrogen-bond acceptors (Lipinski definition) is 6. The topological polar surface area (TPSA) is 64.9 Å². The number of aromatic nitrogens is 4. The average Bonchev–Trinajstić information content (AvgIpc) is 2.76. The van der Waals surface area contributed by atoms with E-state index in [0.717, 1.165) is 5.69 Å². The first kappa shape index (κ1) is 14.0. The molecule has 0 spiro atoms. The van der Waals surface area contributed by atoms with Crippen molar-refractivity contribution in [1.82, 2.24) is 19.7 Å². The van der Waals surface area contributed by atoms with Gasteiger partial charge in [0.2, 0.25) is 5.88 Å². The molecule has 8 heteroatoms. The van der Waals surface area contributed by atoms with Crippen molar-refractivity contribution in [3.63, 3.8) is 0 Å². The third-order valence-electron chi connectivity index (χ3n) is 2.40. The summed E-state index contributed by atoms with van der Waals surface area (Å²) in [6.07, 6.45) is 1.90. The number of nitrogens with one attached hydrogen (secondary N) is 1. The van der Waals surface area contributed by atoms with Crippen LogP contribution in [0, 0.1) is 0 Å². The van der Waals surface area contributed by atoms with Crippen LogP contribution in [0.25, 0.3) is 0 Å². The average molecular weight is 300 g/mol. The summed E-state index contributed by atoms with van der Waals surface area (Å²) in [5, 5.41) is 8.52. The molecule has 1 N–H and O–H groups in total. The number of hydrogen-bond donors (Lipinski definition) is 1. The molecule has 2 rings (SSSR count). The highest BCUT2D eigenvalue weighted by Gasteiger charge is 2.06. The lowest BCUT2D eigenvalue weighted by atomic mass is 10.4. The van der Waals surface area contributed by atoms with Crippen molar-refractivity contribution in [2.75, 3.05) is 18.7 Å². The molecule has 0 bridgehead atoms. The summed E-state index contributed by atoms with van der Waals surface area (Å²) in [5.74, 6) is 1.39. The van der Waals surface area contributed by atoms with Crippen LogP contribution in [-0.2, 0) is 13.6 Å². The Balaban J connectivity index is 2.07. The van der Waals surface area contributed by atoms with Crippen LogP contribution in [0.2, 0.25) is 5.15 Å². The molecule has 19 heavy (non-hydrogen) atoms. The van der Waals surface area contributed by atoms with Crippen LogP contribution < -0.4 is 10.1 Å². The SMILES string of the molecule is COc1cc(CNc2cc(Cl)nc(SC)n2)nn1C. The molecule has 2 aromatic heterocycles. The molecule has 0 aliphatic heterocycles. The Morgan fingerprint density at radius 2 is 2.21 bits per heavy atom. The smallest absolute Gasteiger partial charge is 0.211 e. The summed E-state index contributed by atoms with van der Waals surface area (Å²) < 4.78 is 6.83. The fraction of sp³-hybridized carbons (Fsp3) is 0.364. The third kappa shape index (κ3) is 3.51. The van der Waals surface area contributed by atoms with E-state index >= 15 is 0 Å². The van der Waals surface area contributed by atoms with E-state index in [1.54, 1.807) is 17.9 Å². The number of methoxy groups -OCH3 is 1. The molecule has 0 aliphatic carbocycles. The normalized spacial score (nSPS) is 10.5. The molecule has 2 heterocycles. The highest BCUT2D eigenvalue weighted by atomic mass is 35.5. The Morgan fingerprint density at radius 1 is 1.42 bits per heavy atom. The Hall–Kier alpha value is -1.47. The van der Waals surface area contributed by atoms with Crippen LogP contribution in [0.5, 0.6) is 5.88 Å². The van der Waals surface area contributed by atoms with Gasteiger partial charge in [0.15, 0.2) is 5.16 Å². The highest BCUT2D eigenvalue weighted by Crippen LogP contribution is 2.18. The largest absolute Gasteiger partial charge is 0.481 e. The summed E-state index contributed by atoms with van der Waals surface area (Å²) in [5.41, 5.74) is 0.861. The molecule has 0 atom stereocenters. The molecule has 0 unspecified atom stereocenters. The third-order valence-corrected chi connectivity index (χ3v) is 3.15. The lowest BCUT2D eigenvalue weighted by Crippen LogP contribution is -2.04. The molecule has 102 valence electrons. The minimum absolute atomic E-state index is 0.417. The maximum atomic E-state index is 5.92. The molecule has 0 saturated carbocycles. The Bertz CT molecular complexity index is 574. The zero-order valence-corrected chi connectivity index (χ0v) is 12.4. The molecule has 0 aromatic carbocycles. The maximum Gasteiger partial charge on any atom is 0.211 e. The van der Waals surface area contributed by atoms with E-state index in [0.29, 0.717) is 28.6 Å². The predicted molar refractivity (Wildman–Crippen MR) is 75.9 cm³/mol. The van der Waals surface area contributed by atoms with E-state index in [9.17, 15) is 0 Å². The first-order valence-corrected chi connectivity index (χ1v) is 7.12. The Morgan fingerprint density at radius 3 is 2.84 bits per heavy atom. The van der Waals surface area contributed by atoms with Crippen molar-refractivity contribution in [3.8, 4) is 5.88 Å². The Kier molecular flexibility index (Phi) is 4.49. The Labute approximate surface area is 120 Å². The van der Waals surface area contributed by atoms with Gasteiger partial charge in [0.1, 0.15) is 11.0 Å². The lowest BCUT2D eigenvalue weighted by molar-refractivity contribution is 0.373. The summed E-state index contributed by atoms with van der Waals surface area (Å²) in [6.45, 7) is 0.540. The van der Waals surface area contributed by atoms with Gasteiger partial charge < -0.3 is 10.1 Å². The second-order valence-corrected chi connectivity index (χ2v) is 4.88. The van der Waals surface area contributed by atoms with Gasteiger partial charge in [0.05, 0.1) is 19.3 Å². The molecule has 0 fully saturated rings. The molecule has 2 aromatic rings. The van der Waals surface area contributed by atoms with Crippen molar-refractivity contribution >= 4 is 29.2 Å². The predicted octanol–water partition coefficient (Wildman–Crippen LogP) is 2.21. The second kappa shape index (κ2) is 6.12. The van der Waals surface area contributed by atoms with Crippen LogP contribution in [0.3, 0.4) is 0 Å². The minimum Gasteiger partial charge on any atom is -0.481 e. The monoisotopic (exact) mass is 299 g/mol. The van der Waals surface area contributed by atoms with Gasteiger partial charge >= 0.3 is 0 Å². The molecular formula is C11H14ClN5OS. The van der Waals surface area contributed by atoms with Gasteiger partial charge in [-0.05, 0) is 6.26 Å². The fourth-order valence-corrected chi connectivity index (χ4v) is 2.16. The van der Waals surface area contributed by atoms with E-state index in [-0.39, 0.29) is 0 Å².